The molecular formula is C15H21N3O2. The first-order valence-electron chi connectivity index (χ1n) is 7.08. The Morgan fingerprint density at radius 1 is 1.45 bits per heavy atom. The third kappa shape index (κ3) is 3.98. The van der Waals surface area contributed by atoms with E-state index in [9.17, 15) is 4.79 Å². The molecule has 0 atom stereocenters. The molecule has 1 aromatic rings. The summed E-state index contributed by atoms with van der Waals surface area (Å²) in [5.74, 6) is 0.655. The van der Waals surface area contributed by atoms with Crippen LogP contribution in [0.3, 0.4) is 0 Å². The number of unbranched alkanes of at least 4 members (excludes halogenated alkanes) is 1. The predicted molar refractivity (Wildman–Crippen MR) is 80.4 cm³/mol. The van der Waals surface area contributed by atoms with Crippen LogP contribution in [0.15, 0.2) is 29.3 Å². The number of carbonyl (C=O) groups excluding carboxylic acids is 1. The van der Waals surface area contributed by atoms with Gasteiger partial charge in [-0.2, -0.15) is 0 Å². The lowest BCUT2D eigenvalue weighted by Crippen LogP contribution is -2.26. The van der Waals surface area contributed by atoms with Crippen molar-refractivity contribution in [1.29, 1.82) is 0 Å². The second-order valence-electron chi connectivity index (χ2n) is 4.64. The number of esters is 1. The number of nitrogens with zero attached hydrogens (tertiary/aromatic N) is 1. The van der Waals surface area contributed by atoms with E-state index in [2.05, 4.69) is 22.5 Å². The highest BCUT2D eigenvalue weighted by Crippen LogP contribution is 2.16. The molecule has 5 heteroatoms. The molecule has 0 fully saturated rings. The zero-order valence-corrected chi connectivity index (χ0v) is 11.8. The van der Waals surface area contributed by atoms with Crippen LogP contribution in [0.25, 0.3) is 0 Å². The van der Waals surface area contributed by atoms with Gasteiger partial charge in [-0.05, 0) is 18.6 Å². The van der Waals surface area contributed by atoms with E-state index in [1.807, 2.05) is 18.2 Å². The quantitative estimate of drug-likeness (QED) is 0.590. The summed E-state index contributed by atoms with van der Waals surface area (Å²) in [4.78, 5) is 16.3. The van der Waals surface area contributed by atoms with Crippen molar-refractivity contribution < 1.29 is 9.53 Å². The molecule has 0 aliphatic carbocycles. The summed E-state index contributed by atoms with van der Waals surface area (Å²) in [5, 5.41) is 6.42. The maximum absolute atomic E-state index is 12.0. The fourth-order valence-electron chi connectivity index (χ4n) is 1.95. The molecule has 2 rings (SSSR count). The summed E-state index contributed by atoms with van der Waals surface area (Å²) >= 11 is 0. The Labute approximate surface area is 119 Å². The van der Waals surface area contributed by atoms with Crippen LogP contribution in [0.5, 0.6) is 0 Å². The SMILES string of the molecule is CCCCOC(=O)c1ccccc1NCC1=NCCN1. The van der Waals surface area contributed by atoms with Crippen molar-refractivity contribution in [3.05, 3.63) is 29.8 Å². The highest BCUT2D eigenvalue weighted by molar-refractivity contribution is 5.96. The van der Waals surface area contributed by atoms with Crippen molar-refractivity contribution >= 4 is 17.5 Å². The number of amidine groups is 1. The highest BCUT2D eigenvalue weighted by atomic mass is 16.5. The molecule has 0 amide bonds. The van der Waals surface area contributed by atoms with Crippen LogP contribution < -0.4 is 10.6 Å². The fraction of sp³-hybridized carbons (Fsp3) is 0.467. The number of nitrogens with one attached hydrogen (secondary N) is 2. The lowest BCUT2D eigenvalue weighted by atomic mass is 10.2. The van der Waals surface area contributed by atoms with E-state index < -0.39 is 0 Å². The summed E-state index contributed by atoms with van der Waals surface area (Å²) in [5.41, 5.74) is 1.35. The average molecular weight is 275 g/mol. The van der Waals surface area contributed by atoms with Crippen molar-refractivity contribution in [2.75, 3.05) is 31.6 Å². The Hall–Kier alpha value is -2.04. The van der Waals surface area contributed by atoms with Crippen LogP contribution in [0.2, 0.25) is 0 Å². The van der Waals surface area contributed by atoms with E-state index in [-0.39, 0.29) is 5.97 Å². The number of aliphatic imine (C=N–C) groups is 1. The molecule has 108 valence electrons. The Bertz CT molecular complexity index is 486. The molecule has 5 nitrogen and oxygen atoms in total. The van der Waals surface area contributed by atoms with Gasteiger partial charge in [-0.15, -0.1) is 0 Å². The minimum Gasteiger partial charge on any atom is -0.462 e. The maximum atomic E-state index is 12.0. The molecule has 1 aromatic carbocycles. The van der Waals surface area contributed by atoms with Crippen molar-refractivity contribution in [3.63, 3.8) is 0 Å². The second kappa shape index (κ2) is 7.53. The molecule has 0 spiro atoms. The van der Waals surface area contributed by atoms with Gasteiger partial charge in [0.1, 0.15) is 5.84 Å². The molecule has 0 radical (unpaired) electrons. The zero-order valence-electron chi connectivity index (χ0n) is 11.8. The normalized spacial score (nSPS) is 13.6. The van der Waals surface area contributed by atoms with Gasteiger partial charge in [0.15, 0.2) is 0 Å². The largest absolute Gasteiger partial charge is 0.462 e. The van der Waals surface area contributed by atoms with Crippen LogP contribution in [0, 0.1) is 0 Å². The average Bonchev–Trinajstić information content (AvgIpc) is 2.99. The van der Waals surface area contributed by atoms with Gasteiger partial charge in [-0.3, -0.25) is 4.99 Å². The summed E-state index contributed by atoms with van der Waals surface area (Å²) in [6.07, 6.45) is 1.90. The van der Waals surface area contributed by atoms with Crippen LogP contribution in [0.1, 0.15) is 30.1 Å². The van der Waals surface area contributed by atoms with Gasteiger partial charge in [-0.1, -0.05) is 25.5 Å². The first-order valence-corrected chi connectivity index (χ1v) is 7.08. The Kier molecular flexibility index (Phi) is 5.41. The molecular weight excluding hydrogens is 254 g/mol. The van der Waals surface area contributed by atoms with Gasteiger partial charge in [0, 0.05) is 12.2 Å². The topological polar surface area (TPSA) is 62.7 Å². The number of hydrogen-bond donors (Lipinski definition) is 2. The van der Waals surface area contributed by atoms with Gasteiger partial charge >= 0.3 is 5.97 Å². The first kappa shape index (κ1) is 14.4. The lowest BCUT2D eigenvalue weighted by Gasteiger charge is -2.11. The van der Waals surface area contributed by atoms with Gasteiger partial charge in [0.25, 0.3) is 0 Å². The van der Waals surface area contributed by atoms with Gasteiger partial charge in [-0.25, -0.2) is 4.79 Å². The molecule has 1 aliphatic rings. The summed E-state index contributed by atoms with van der Waals surface area (Å²) in [6.45, 7) is 4.84. The minimum atomic E-state index is -0.275. The Morgan fingerprint density at radius 2 is 2.30 bits per heavy atom. The van der Waals surface area contributed by atoms with E-state index in [1.165, 1.54) is 0 Å². The van der Waals surface area contributed by atoms with Gasteiger partial charge in [0.05, 0.1) is 25.3 Å². The molecule has 0 unspecified atom stereocenters. The number of hydrogen-bond acceptors (Lipinski definition) is 5. The fourth-order valence-corrected chi connectivity index (χ4v) is 1.95. The Balaban J connectivity index is 1.96. The Morgan fingerprint density at radius 3 is 3.05 bits per heavy atom. The van der Waals surface area contributed by atoms with Crippen LogP contribution in [0.4, 0.5) is 5.69 Å². The third-order valence-corrected chi connectivity index (χ3v) is 3.07. The number of anilines is 1. The van der Waals surface area contributed by atoms with E-state index >= 15 is 0 Å². The van der Waals surface area contributed by atoms with Crippen molar-refractivity contribution in [2.24, 2.45) is 4.99 Å². The monoisotopic (exact) mass is 275 g/mol. The summed E-state index contributed by atoms with van der Waals surface area (Å²) in [6, 6.07) is 7.40. The predicted octanol–water partition coefficient (Wildman–Crippen LogP) is 2.06. The first-order chi connectivity index (χ1) is 9.81. The molecule has 1 aliphatic heterocycles. The lowest BCUT2D eigenvalue weighted by molar-refractivity contribution is 0.0501. The maximum Gasteiger partial charge on any atom is 0.340 e. The number of para-hydroxylation sites is 1. The van der Waals surface area contributed by atoms with Crippen molar-refractivity contribution in [3.8, 4) is 0 Å². The molecule has 0 aromatic heterocycles. The molecule has 1 heterocycles. The van der Waals surface area contributed by atoms with Crippen molar-refractivity contribution in [2.45, 2.75) is 19.8 Å². The molecule has 2 N–H and O–H groups in total. The third-order valence-electron chi connectivity index (χ3n) is 3.07. The molecule has 0 saturated carbocycles. The van der Waals surface area contributed by atoms with Crippen LogP contribution in [-0.4, -0.2) is 38.0 Å². The highest BCUT2D eigenvalue weighted by Gasteiger charge is 2.13. The summed E-state index contributed by atoms with van der Waals surface area (Å²) < 4.78 is 5.26. The van der Waals surface area contributed by atoms with E-state index in [4.69, 9.17) is 4.74 Å². The molecule has 0 saturated heterocycles. The van der Waals surface area contributed by atoms with Crippen molar-refractivity contribution in [1.82, 2.24) is 5.32 Å². The number of carbonyl (C=O) groups is 1. The smallest absolute Gasteiger partial charge is 0.340 e. The summed E-state index contributed by atoms with van der Waals surface area (Å²) in [7, 11) is 0. The number of ether oxygens (including phenoxy) is 1. The second-order valence-corrected chi connectivity index (χ2v) is 4.64. The van der Waals surface area contributed by atoms with E-state index in [0.29, 0.717) is 18.7 Å². The zero-order chi connectivity index (χ0) is 14.2. The number of rotatable bonds is 7. The van der Waals surface area contributed by atoms with E-state index in [0.717, 1.165) is 37.5 Å². The minimum absolute atomic E-state index is 0.275. The standard InChI is InChI=1S/C15H21N3O2/c1-2-3-10-20-15(19)12-6-4-5-7-13(12)18-11-14-16-8-9-17-14/h4-7,18H,2-3,8-11H2,1H3,(H,16,17). The van der Waals surface area contributed by atoms with E-state index in [1.54, 1.807) is 6.07 Å². The molecule has 0 bridgehead atoms. The van der Waals surface area contributed by atoms with Crippen LogP contribution in [-0.2, 0) is 4.74 Å². The van der Waals surface area contributed by atoms with Gasteiger partial charge < -0.3 is 15.4 Å². The molecule has 20 heavy (non-hydrogen) atoms. The number of benzene rings is 1. The van der Waals surface area contributed by atoms with Gasteiger partial charge in [0.2, 0.25) is 0 Å². The van der Waals surface area contributed by atoms with Crippen LogP contribution >= 0.6 is 0 Å².